The molecule has 0 bridgehead atoms. The first kappa shape index (κ1) is 19.3. The minimum Gasteiger partial charge on any atom is -0.495 e. The van der Waals surface area contributed by atoms with Gasteiger partial charge in [-0.25, -0.2) is 0 Å². The van der Waals surface area contributed by atoms with Crippen LogP contribution < -0.4 is 15.4 Å². The summed E-state index contributed by atoms with van der Waals surface area (Å²) in [5.74, 6) is -0.325. The molecule has 0 atom stereocenters. The molecule has 1 fully saturated rings. The number of anilines is 1. The van der Waals surface area contributed by atoms with E-state index in [1.54, 1.807) is 25.3 Å². The predicted molar refractivity (Wildman–Crippen MR) is 96.3 cm³/mol. The Balaban J connectivity index is 1.75. The van der Waals surface area contributed by atoms with E-state index in [1.165, 1.54) is 0 Å². The van der Waals surface area contributed by atoms with Gasteiger partial charge in [0.15, 0.2) is 0 Å². The highest BCUT2D eigenvalue weighted by Gasteiger charge is 2.34. The molecule has 0 heterocycles. The van der Waals surface area contributed by atoms with E-state index >= 15 is 0 Å². The molecule has 1 saturated carbocycles. The SMILES string of the molecule is CCN(CC(=O)O)C1CC(NC(=O)CNc2cc(Cl)ccc2OC)C1. The van der Waals surface area contributed by atoms with Crippen LogP contribution in [0.5, 0.6) is 5.75 Å². The number of benzene rings is 1. The molecule has 2 rings (SSSR count). The molecule has 1 aliphatic rings. The highest BCUT2D eigenvalue weighted by Crippen LogP contribution is 2.28. The molecular weight excluding hydrogens is 346 g/mol. The number of ether oxygens (including phenoxy) is 1. The molecule has 1 aromatic rings. The summed E-state index contributed by atoms with van der Waals surface area (Å²) in [7, 11) is 1.56. The van der Waals surface area contributed by atoms with Crippen molar-refractivity contribution < 1.29 is 19.4 Å². The van der Waals surface area contributed by atoms with E-state index in [-0.39, 0.29) is 31.1 Å². The molecule has 0 radical (unpaired) electrons. The van der Waals surface area contributed by atoms with Crippen molar-refractivity contribution in [3.05, 3.63) is 23.2 Å². The second-order valence-corrected chi connectivity index (χ2v) is 6.48. The predicted octanol–water partition coefficient (Wildman–Crippen LogP) is 1.81. The molecule has 3 N–H and O–H groups in total. The molecule has 0 spiro atoms. The molecule has 25 heavy (non-hydrogen) atoms. The summed E-state index contributed by atoms with van der Waals surface area (Å²) in [4.78, 5) is 24.8. The van der Waals surface area contributed by atoms with Gasteiger partial charge in [-0.15, -0.1) is 0 Å². The smallest absolute Gasteiger partial charge is 0.317 e. The molecule has 0 aliphatic heterocycles. The van der Waals surface area contributed by atoms with Gasteiger partial charge >= 0.3 is 5.97 Å². The minimum atomic E-state index is -0.825. The lowest BCUT2D eigenvalue weighted by Crippen LogP contribution is -2.55. The van der Waals surface area contributed by atoms with Gasteiger partial charge in [-0.05, 0) is 37.6 Å². The van der Waals surface area contributed by atoms with Gasteiger partial charge in [0.1, 0.15) is 5.75 Å². The Bertz CT molecular complexity index is 620. The van der Waals surface area contributed by atoms with E-state index in [0.717, 1.165) is 12.8 Å². The summed E-state index contributed by atoms with van der Waals surface area (Å²) < 4.78 is 5.22. The second-order valence-electron chi connectivity index (χ2n) is 6.04. The summed E-state index contributed by atoms with van der Waals surface area (Å²) in [6.07, 6.45) is 1.54. The lowest BCUT2D eigenvalue weighted by atomic mass is 9.85. The first-order valence-electron chi connectivity index (χ1n) is 8.25. The number of halogens is 1. The monoisotopic (exact) mass is 369 g/mol. The van der Waals surface area contributed by atoms with Crippen molar-refractivity contribution in [1.29, 1.82) is 0 Å². The molecule has 138 valence electrons. The summed E-state index contributed by atoms with van der Waals surface area (Å²) in [6.45, 7) is 2.79. The Kier molecular flexibility index (Phi) is 6.90. The highest BCUT2D eigenvalue weighted by atomic mass is 35.5. The Morgan fingerprint density at radius 2 is 2.12 bits per heavy atom. The summed E-state index contributed by atoms with van der Waals surface area (Å²) in [5, 5.41) is 15.4. The number of aliphatic carboxylic acids is 1. The number of hydrogen-bond donors (Lipinski definition) is 3. The van der Waals surface area contributed by atoms with Crippen LogP contribution >= 0.6 is 11.6 Å². The number of carboxylic acids is 1. The average molecular weight is 370 g/mol. The standard InChI is InChI=1S/C17H24ClN3O4/c1-3-21(10-17(23)24)13-7-12(8-13)20-16(22)9-19-14-6-11(18)4-5-15(14)25-2/h4-6,12-13,19H,3,7-10H2,1-2H3,(H,20,22)(H,23,24). The van der Waals surface area contributed by atoms with Crippen LogP contribution in [0.15, 0.2) is 18.2 Å². The summed E-state index contributed by atoms with van der Waals surface area (Å²) in [6, 6.07) is 5.46. The van der Waals surface area contributed by atoms with Gasteiger partial charge in [0.25, 0.3) is 0 Å². The fourth-order valence-corrected chi connectivity index (χ4v) is 3.12. The zero-order valence-corrected chi connectivity index (χ0v) is 15.2. The lowest BCUT2D eigenvalue weighted by molar-refractivity contribution is -0.139. The van der Waals surface area contributed by atoms with Crippen molar-refractivity contribution in [2.45, 2.75) is 31.8 Å². The number of carbonyl (C=O) groups is 2. The zero-order valence-electron chi connectivity index (χ0n) is 14.4. The third-order valence-corrected chi connectivity index (χ3v) is 4.58. The molecule has 7 nitrogen and oxygen atoms in total. The van der Waals surface area contributed by atoms with Crippen LogP contribution in [0.4, 0.5) is 5.69 Å². The molecule has 0 saturated heterocycles. The average Bonchev–Trinajstić information content (AvgIpc) is 2.54. The third kappa shape index (κ3) is 5.51. The number of carbonyl (C=O) groups excluding carboxylic acids is 1. The van der Waals surface area contributed by atoms with Gasteiger partial charge in [-0.2, -0.15) is 0 Å². The number of nitrogens with zero attached hydrogens (tertiary/aromatic N) is 1. The highest BCUT2D eigenvalue weighted by molar-refractivity contribution is 6.30. The van der Waals surface area contributed by atoms with Crippen LogP contribution in [0.1, 0.15) is 19.8 Å². The fraction of sp³-hybridized carbons (Fsp3) is 0.529. The topological polar surface area (TPSA) is 90.9 Å². The molecule has 0 aromatic heterocycles. The van der Waals surface area contributed by atoms with Gasteiger partial charge in [0.2, 0.25) is 5.91 Å². The number of rotatable bonds is 9. The number of methoxy groups -OCH3 is 1. The first-order valence-corrected chi connectivity index (χ1v) is 8.63. The van der Waals surface area contributed by atoms with E-state index in [0.29, 0.717) is 23.0 Å². The normalized spacial score (nSPS) is 19.2. The summed E-state index contributed by atoms with van der Waals surface area (Å²) in [5.41, 5.74) is 0.662. The van der Waals surface area contributed by atoms with Crippen molar-refractivity contribution in [3.63, 3.8) is 0 Å². The van der Waals surface area contributed by atoms with Crippen LogP contribution in [-0.4, -0.2) is 60.7 Å². The van der Waals surface area contributed by atoms with Gasteiger partial charge in [-0.3, -0.25) is 14.5 Å². The second kappa shape index (κ2) is 8.92. The van der Waals surface area contributed by atoms with Crippen molar-refractivity contribution in [2.75, 3.05) is 32.1 Å². The molecule has 0 unspecified atom stereocenters. The quantitative estimate of drug-likeness (QED) is 0.615. The van der Waals surface area contributed by atoms with E-state index in [9.17, 15) is 9.59 Å². The Hall–Kier alpha value is -1.99. The minimum absolute atomic E-state index is 0.0396. The van der Waals surface area contributed by atoms with Crippen LogP contribution in [0.25, 0.3) is 0 Å². The maximum atomic E-state index is 12.1. The third-order valence-electron chi connectivity index (χ3n) is 4.34. The maximum Gasteiger partial charge on any atom is 0.317 e. The van der Waals surface area contributed by atoms with E-state index in [4.69, 9.17) is 21.4 Å². The molecule has 1 amide bonds. The van der Waals surface area contributed by atoms with Gasteiger partial charge in [0, 0.05) is 17.1 Å². The number of carboxylic acid groups (broad SMARTS) is 1. The van der Waals surface area contributed by atoms with Crippen LogP contribution in [0.3, 0.4) is 0 Å². The van der Waals surface area contributed by atoms with Gasteiger partial charge in [0.05, 0.1) is 25.9 Å². The number of likely N-dealkylation sites (N-methyl/N-ethyl adjacent to an activating group) is 1. The molecular formula is C17H24ClN3O4. The zero-order chi connectivity index (χ0) is 18.4. The van der Waals surface area contributed by atoms with Gasteiger partial charge in [-0.1, -0.05) is 18.5 Å². The fourth-order valence-electron chi connectivity index (χ4n) is 2.95. The van der Waals surface area contributed by atoms with Crippen molar-refractivity contribution in [1.82, 2.24) is 10.2 Å². The largest absolute Gasteiger partial charge is 0.495 e. The van der Waals surface area contributed by atoms with Crippen LogP contribution in [0, 0.1) is 0 Å². The molecule has 8 heteroatoms. The Morgan fingerprint density at radius 3 is 2.72 bits per heavy atom. The Labute approximate surface area is 152 Å². The molecule has 1 aliphatic carbocycles. The maximum absolute atomic E-state index is 12.1. The summed E-state index contributed by atoms with van der Waals surface area (Å²) >= 11 is 5.96. The van der Waals surface area contributed by atoms with E-state index in [2.05, 4.69) is 10.6 Å². The van der Waals surface area contributed by atoms with Crippen molar-refractivity contribution in [2.24, 2.45) is 0 Å². The number of nitrogens with one attached hydrogen (secondary N) is 2. The van der Waals surface area contributed by atoms with Crippen LogP contribution in [-0.2, 0) is 9.59 Å². The van der Waals surface area contributed by atoms with E-state index in [1.807, 2.05) is 11.8 Å². The lowest BCUT2D eigenvalue weighted by Gasteiger charge is -2.42. The Morgan fingerprint density at radius 1 is 1.40 bits per heavy atom. The number of hydrogen-bond acceptors (Lipinski definition) is 5. The van der Waals surface area contributed by atoms with Crippen LogP contribution in [0.2, 0.25) is 5.02 Å². The van der Waals surface area contributed by atoms with E-state index < -0.39 is 5.97 Å². The molecule has 1 aromatic carbocycles. The number of amides is 1. The van der Waals surface area contributed by atoms with Crippen molar-refractivity contribution >= 4 is 29.2 Å². The van der Waals surface area contributed by atoms with Crippen molar-refractivity contribution in [3.8, 4) is 5.75 Å². The van der Waals surface area contributed by atoms with Gasteiger partial charge < -0.3 is 20.5 Å². The first-order chi connectivity index (χ1) is 11.9.